The topological polar surface area (TPSA) is 41.1 Å². The van der Waals surface area contributed by atoms with Crippen molar-refractivity contribution in [2.75, 3.05) is 11.9 Å². The molecule has 1 amide bonds. The van der Waals surface area contributed by atoms with Gasteiger partial charge in [-0.2, -0.15) is 0 Å². The van der Waals surface area contributed by atoms with E-state index in [1.807, 2.05) is 30.3 Å². The molecule has 0 spiro atoms. The van der Waals surface area contributed by atoms with E-state index in [4.69, 9.17) is 0 Å². The number of nitrogens with one attached hydrogen (secondary N) is 2. The summed E-state index contributed by atoms with van der Waals surface area (Å²) in [6, 6.07) is 11.6. The molecule has 3 nitrogen and oxygen atoms in total. The van der Waals surface area contributed by atoms with Crippen LogP contribution >= 0.6 is 31.9 Å². The Morgan fingerprint density at radius 3 is 2.57 bits per heavy atom. The summed E-state index contributed by atoms with van der Waals surface area (Å²) < 4.78 is 1.72. The van der Waals surface area contributed by atoms with Gasteiger partial charge in [-0.05, 0) is 74.2 Å². The fraction of sp³-hybridized carbons (Fsp3) is 0.188. The summed E-state index contributed by atoms with van der Waals surface area (Å²) in [6.07, 6.45) is 0.885. The van der Waals surface area contributed by atoms with Gasteiger partial charge in [0.1, 0.15) is 0 Å². The molecular weight excluding hydrogens is 396 g/mol. The largest absolute Gasteiger partial charge is 0.320 e. The van der Waals surface area contributed by atoms with Gasteiger partial charge in [-0.1, -0.05) is 18.2 Å². The summed E-state index contributed by atoms with van der Waals surface area (Å²) in [5, 5.41) is 6.32. The number of para-hydroxylation sites is 1. The molecule has 0 unspecified atom stereocenters. The van der Waals surface area contributed by atoms with Gasteiger partial charge in [-0.3, -0.25) is 4.79 Å². The Morgan fingerprint density at radius 1 is 1.10 bits per heavy atom. The molecule has 2 aromatic rings. The van der Waals surface area contributed by atoms with Gasteiger partial charge in [-0.15, -0.1) is 0 Å². The zero-order chi connectivity index (χ0) is 14.8. The maximum atomic E-state index is 12.6. The number of carbonyl (C=O) groups excluding carboxylic acids is 1. The number of amides is 1. The van der Waals surface area contributed by atoms with E-state index < -0.39 is 0 Å². The van der Waals surface area contributed by atoms with Crippen LogP contribution in [0.2, 0.25) is 0 Å². The van der Waals surface area contributed by atoms with Crippen LogP contribution in [0.3, 0.4) is 0 Å². The summed E-state index contributed by atoms with van der Waals surface area (Å²) in [5.74, 6) is -0.0682. The SMILES string of the molecule is O=C(Nc1c(Br)cccc1Br)c1cccc2c1CCNC2. The lowest BCUT2D eigenvalue weighted by Crippen LogP contribution is -2.26. The van der Waals surface area contributed by atoms with Gasteiger partial charge in [-0.25, -0.2) is 0 Å². The second-order valence-electron chi connectivity index (χ2n) is 4.92. The zero-order valence-corrected chi connectivity index (χ0v) is 14.4. The molecule has 0 aliphatic carbocycles. The van der Waals surface area contributed by atoms with Gasteiger partial charge < -0.3 is 10.6 Å². The Kier molecular flexibility index (Phi) is 4.42. The molecule has 2 aromatic carbocycles. The van der Waals surface area contributed by atoms with Crippen molar-refractivity contribution in [3.8, 4) is 0 Å². The van der Waals surface area contributed by atoms with Gasteiger partial charge in [0.15, 0.2) is 0 Å². The molecule has 0 aromatic heterocycles. The van der Waals surface area contributed by atoms with Crippen molar-refractivity contribution in [2.45, 2.75) is 13.0 Å². The molecule has 0 atom stereocenters. The maximum absolute atomic E-state index is 12.6. The molecular formula is C16H14Br2N2O. The molecule has 0 fully saturated rings. The van der Waals surface area contributed by atoms with E-state index in [2.05, 4.69) is 48.6 Å². The molecule has 1 aliphatic rings. The Balaban J connectivity index is 1.93. The number of anilines is 1. The maximum Gasteiger partial charge on any atom is 0.256 e. The van der Waals surface area contributed by atoms with Crippen LogP contribution in [0.1, 0.15) is 21.5 Å². The lowest BCUT2D eigenvalue weighted by Gasteiger charge is -2.20. The van der Waals surface area contributed by atoms with E-state index in [0.717, 1.165) is 45.3 Å². The first-order valence-electron chi connectivity index (χ1n) is 6.73. The zero-order valence-electron chi connectivity index (χ0n) is 11.2. The van der Waals surface area contributed by atoms with Crippen LogP contribution in [-0.4, -0.2) is 12.5 Å². The predicted octanol–water partition coefficient (Wildman–Crippen LogP) is 4.11. The molecule has 3 rings (SSSR count). The van der Waals surface area contributed by atoms with E-state index in [1.54, 1.807) is 0 Å². The Bertz CT molecular complexity index is 680. The van der Waals surface area contributed by atoms with E-state index in [0.29, 0.717) is 0 Å². The Hall–Kier alpha value is -1.17. The molecule has 0 saturated carbocycles. The van der Waals surface area contributed by atoms with Crippen molar-refractivity contribution in [2.24, 2.45) is 0 Å². The van der Waals surface area contributed by atoms with Crippen LogP contribution in [0.5, 0.6) is 0 Å². The molecule has 2 N–H and O–H groups in total. The van der Waals surface area contributed by atoms with Crippen LogP contribution in [0, 0.1) is 0 Å². The van der Waals surface area contributed by atoms with Gasteiger partial charge in [0.05, 0.1) is 5.69 Å². The van der Waals surface area contributed by atoms with E-state index in [-0.39, 0.29) is 5.91 Å². The molecule has 0 radical (unpaired) electrons. The Labute approximate surface area is 140 Å². The van der Waals surface area contributed by atoms with Crippen molar-refractivity contribution in [3.05, 3.63) is 62.0 Å². The monoisotopic (exact) mass is 408 g/mol. The minimum Gasteiger partial charge on any atom is -0.320 e. The van der Waals surface area contributed by atoms with E-state index in [9.17, 15) is 4.79 Å². The number of benzene rings is 2. The number of fused-ring (bicyclic) bond motifs is 1. The van der Waals surface area contributed by atoms with Gasteiger partial charge >= 0.3 is 0 Å². The predicted molar refractivity (Wildman–Crippen MR) is 91.6 cm³/mol. The minimum atomic E-state index is -0.0682. The average molecular weight is 410 g/mol. The molecule has 21 heavy (non-hydrogen) atoms. The number of hydrogen-bond acceptors (Lipinski definition) is 2. The highest BCUT2D eigenvalue weighted by atomic mass is 79.9. The summed E-state index contributed by atoms with van der Waals surface area (Å²) in [6.45, 7) is 1.74. The lowest BCUT2D eigenvalue weighted by atomic mass is 9.95. The highest BCUT2D eigenvalue weighted by Crippen LogP contribution is 2.31. The van der Waals surface area contributed by atoms with Crippen LogP contribution in [0.4, 0.5) is 5.69 Å². The number of carbonyl (C=O) groups is 1. The third-order valence-corrected chi connectivity index (χ3v) is 4.91. The van der Waals surface area contributed by atoms with Crippen molar-refractivity contribution >= 4 is 43.5 Å². The normalized spacial score (nSPS) is 13.6. The fourth-order valence-electron chi connectivity index (χ4n) is 2.54. The molecule has 5 heteroatoms. The second kappa shape index (κ2) is 6.30. The third kappa shape index (κ3) is 3.05. The first kappa shape index (κ1) is 14.8. The number of hydrogen-bond donors (Lipinski definition) is 2. The highest BCUT2D eigenvalue weighted by molar-refractivity contribution is 9.11. The van der Waals surface area contributed by atoms with Gasteiger partial charge in [0, 0.05) is 21.1 Å². The van der Waals surface area contributed by atoms with E-state index >= 15 is 0 Å². The van der Waals surface area contributed by atoms with Crippen molar-refractivity contribution in [1.29, 1.82) is 0 Å². The van der Waals surface area contributed by atoms with Crippen LogP contribution < -0.4 is 10.6 Å². The summed E-state index contributed by atoms with van der Waals surface area (Å²) in [7, 11) is 0. The van der Waals surface area contributed by atoms with Crippen molar-refractivity contribution in [1.82, 2.24) is 5.32 Å². The highest BCUT2D eigenvalue weighted by Gasteiger charge is 2.18. The standard InChI is InChI=1S/C16H14Br2N2O/c17-13-5-2-6-14(18)15(13)20-16(21)12-4-1-3-10-9-19-8-7-11(10)12/h1-6,19H,7-9H2,(H,20,21). The molecule has 1 heterocycles. The van der Waals surface area contributed by atoms with Gasteiger partial charge in [0.25, 0.3) is 5.91 Å². The summed E-state index contributed by atoms with van der Waals surface area (Å²) >= 11 is 6.94. The first-order valence-corrected chi connectivity index (χ1v) is 8.32. The molecule has 108 valence electrons. The number of rotatable bonds is 2. The van der Waals surface area contributed by atoms with Crippen molar-refractivity contribution < 1.29 is 4.79 Å². The van der Waals surface area contributed by atoms with E-state index in [1.165, 1.54) is 5.56 Å². The van der Waals surface area contributed by atoms with Crippen LogP contribution in [0.15, 0.2) is 45.3 Å². The van der Waals surface area contributed by atoms with Crippen LogP contribution in [0.25, 0.3) is 0 Å². The Morgan fingerprint density at radius 2 is 1.81 bits per heavy atom. The quantitative estimate of drug-likeness (QED) is 0.783. The lowest BCUT2D eigenvalue weighted by molar-refractivity contribution is 0.102. The first-order chi connectivity index (χ1) is 10.2. The molecule has 1 aliphatic heterocycles. The third-order valence-electron chi connectivity index (χ3n) is 3.59. The van der Waals surface area contributed by atoms with Crippen molar-refractivity contribution in [3.63, 3.8) is 0 Å². The van der Waals surface area contributed by atoms with Gasteiger partial charge in [0.2, 0.25) is 0 Å². The summed E-state index contributed by atoms with van der Waals surface area (Å²) in [4.78, 5) is 12.6. The number of halogens is 2. The summed E-state index contributed by atoms with van der Waals surface area (Å²) in [5.41, 5.74) is 3.88. The smallest absolute Gasteiger partial charge is 0.256 e. The molecule has 0 bridgehead atoms. The second-order valence-corrected chi connectivity index (χ2v) is 6.63. The minimum absolute atomic E-state index is 0.0682. The molecule has 0 saturated heterocycles. The van der Waals surface area contributed by atoms with Crippen LogP contribution in [-0.2, 0) is 13.0 Å². The fourth-order valence-corrected chi connectivity index (χ4v) is 3.74. The average Bonchev–Trinajstić information content (AvgIpc) is 2.50.